The lowest BCUT2D eigenvalue weighted by molar-refractivity contribution is 0.372. The Labute approximate surface area is 140 Å². The van der Waals surface area contributed by atoms with Gasteiger partial charge >= 0.3 is 5.76 Å². The minimum absolute atomic E-state index is 0.122. The van der Waals surface area contributed by atoms with E-state index in [9.17, 15) is 4.79 Å². The van der Waals surface area contributed by atoms with Crippen molar-refractivity contribution in [2.45, 2.75) is 13.0 Å². The summed E-state index contributed by atoms with van der Waals surface area (Å²) in [5, 5.41) is 13.8. The molecule has 0 aliphatic carbocycles. The Kier molecular flexibility index (Phi) is 3.80. The topological polar surface area (TPSA) is 87.0 Å². The molecule has 0 bridgehead atoms. The molecule has 4 aromatic rings. The highest BCUT2D eigenvalue weighted by Crippen LogP contribution is 2.22. The molecule has 24 heavy (non-hydrogen) atoms. The van der Waals surface area contributed by atoms with Gasteiger partial charge in [0.25, 0.3) is 0 Å². The predicted octanol–water partition coefficient (Wildman–Crippen LogP) is 2.59. The van der Waals surface area contributed by atoms with E-state index in [0.717, 1.165) is 10.4 Å². The van der Waals surface area contributed by atoms with Crippen molar-refractivity contribution < 1.29 is 8.94 Å². The van der Waals surface area contributed by atoms with Crippen molar-refractivity contribution in [3.05, 3.63) is 75.7 Å². The summed E-state index contributed by atoms with van der Waals surface area (Å²) in [4.78, 5) is 12.7. The highest BCUT2D eigenvalue weighted by atomic mass is 32.1. The van der Waals surface area contributed by atoms with Gasteiger partial charge in [-0.05, 0) is 17.0 Å². The third-order valence-corrected chi connectivity index (χ3v) is 4.29. The fourth-order valence-corrected chi connectivity index (χ4v) is 3.03. The Morgan fingerprint density at radius 3 is 2.67 bits per heavy atom. The molecule has 0 amide bonds. The molecule has 1 aromatic carbocycles. The maximum Gasteiger partial charge on any atom is 0.442 e. The molecule has 0 aliphatic heterocycles. The normalized spacial score (nSPS) is 11.0. The predicted molar refractivity (Wildman–Crippen MR) is 86.7 cm³/mol. The molecule has 0 saturated heterocycles. The zero-order valence-electron chi connectivity index (χ0n) is 12.5. The quantitative estimate of drug-likeness (QED) is 0.555. The van der Waals surface area contributed by atoms with Gasteiger partial charge in [-0.25, -0.2) is 9.36 Å². The fraction of sp³-hybridized carbons (Fsp3) is 0.125. The van der Waals surface area contributed by atoms with Gasteiger partial charge in [0.1, 0.15) is 6.54 Å². The molecule has 0 saturated carbocycles. The van der Waals surface area contributed by atoms with Crippen LogP contribution in [0.1, 0.15) is 17.3 Å². The van der Waals surface area contributed by atoms with E-state index in [0.29, 0.717) is 24.0 Å². The first-order chi connectivity index (χ1) is 11.8. The van der Waals surface area contributed by atoms with Crippen LogP contribution in [-0.4, -0.2) is 19.9 Å². The summed E-state index contributed by atoms with van der Waals surface area (Å²) in [5.41, 5.74) is 1.08. The molecule has 0 spiro atoms. The Morgan fingerprint density at radius 2 is 1.88 bits per heavy atom. The number of aromatic nitrogens is 4. The molecular formula is C16H12N4O3S. The SMILES string of the molecule is O=c1onc(-c2cccs2)n1Cc1nnc(Cc2ccccc2)o1. The lowest BCUT2D eigenvalue weighted by Gasteiger charge is -1.99. The molecule has 8 heteroatoms. The van der Waals surface area contributed by atoms with Crippen LogP contribution >= 0.6 is 11.3 Å². The van der Waals surface area contributed by atoms with Crippen LogP contribution in [-0.2, 0) is 13.0 Å². The van der Waals surface area contributed by atoms with Gasteiger partial charge in [0.2, 0.25) is 11.8 Å². The number of benzene rings is 1. The number of nitrogens with zero attached hydrogens (tertiary/aromatic N) is 4. The Hall–Kier alpha value is -3.00. The minimum atomic E-state index is -0.554. The van der Waals surface area contributed by atoms with Crippen molar-refractivity contribution in [1.82, 2.24) is 19.9 Å². The summed E-state index contributed by atoms with van der Waals surface area (Å²) in [6.07, 6.45) is 0.546. The Bertz CT molecular complexity index is 986. The second kappa shape index (κ2) is 6.25. The number of thiophene rings is 1. The molecule has 4 rings (SSSR count). The Morgan fingerprint density at radius 1 is 1.04 bits per heavy atom. The van der Waals surface area contributed by atoms with Crippen LogP contribution in [0.15, 0.2) is 61.6 Å². The van der Waals surface area contributed by atoms with Gasteiger partial charge in [0.15, 0.2) is 5.82 Å². The van der Waals surface area contributed by atoms with Gasteiger partial charge in [-0.15, -0.1) is 21.5 Å². The van der Waals surface area contributed by atoms with E-state index in [1.807, 2.05) is 47.8 Å². The summed E-state index contributed by atoms with van der Waals surface area (Å²) in [7, 11) is 0. The third-order valence-electron chi connectivity index (χ3n) is 3.43. The molecule has 0 atom stereocenters. The first kappa shape index (κ1) is 14.6. The van der Waals surface area contributed by atoms with Gasteiger partial charge < -0.3 is 4.42 Å². The zero-order valence-corrected chi connectivity index (χ0v) is 13.3. The minimum Gasteiger partial charge on any atom is -0.423 e. The number of hydrogen-bond acceptors (Lipinski definition) is 7. The van der Waals surface area contributed by atoms with Crippen LogP contribution in [0.5, 0.6) is 0 Å². The summed E-state index contributed by atoms with van der Waals surface area (Å²) in [5.74, 6) is 0.737. The average molecular weight is 340 g/mol. The van der Waals surface area contributed by atoms with Crippen molar-refractivity contribution in [3.8, 4) is 10.7 Å². The van der Waals surface area contributed by atoms with Gasteiger partial charge in [0.05, 0.1) is 11.3 Å². The molecule has 120 valence electrons. The van der Waals surface area contributed by atoms with Crippen molar-refractivity contribution >= 4 is 11.3 Å². The lowest BCUT2D eigenvalue weighted by Crippen LogP contribution is -2.16. The van der Waals surface area contributed by atoms with Crippen LogP contribution in [0.2, 0.25) is 0 Å². The van der Waals surface area contributed by atoms with E-state index >= 15 is 0 Å². The molecule has 0 fully saturated rings. The van der Waals surface area contributed by atoms with Crippen molar-refractivity contribution in [1.29, 1.82) is 0 Å². The zero-order chi connectivity index (χ0) is 16.4. The van der Waals surface area contributed by atoms with E-state index < -0.39 is 5.76 Å². The highest BCUT2D eigenvalue weighted by molar-refractivity contribution is 7.13. The molecule has 3 heterocycles. The van der Waals surface area contributed by atoms with Crippen molar-refractivity contribution in [2.75, 3.05) is 0 Å². The van der Waals surface area contributed by atoms with E-state index in [1.165, 1.54) is 15.9 Å². The fourth-order valence-electron chi connectivity index (χ4n) is 2.32. The van der Waals surface area contributed by atoms with Crippen LogP contribution in [0.4, 0.5) is 0 Å². The van der Waals surface area contributed by atoms with Gasteiger partial charge in [-0.1, -0.05) is 41.6 Å². The monoisotopic (exact) mass is 340 g/mol. The van der Waals surface area contributed by atoms with Gasteiger partial charge in [-0.2, -0.15) is 0 Å². The summed E-state index contributed by atoms with van der Waals surface area (Å²) < 4.78 is 11.8. The van der Waals surface area contributed by atoms with E-state index in [-0.39, 0.29) is 6.54 Å². The molecule has 7 nitrogen and oxygen atoms in total. The van der Waals surface area contributed by atoms with Gasteiger partial charge in [-0.3, -0.25) is 4.52 Å². The van der Waals surface area contributed by atoms with E-state index in [4.69, 9.17) is 8.94 Å². The van der Waals surface area contributed by atoms with Crippen LogP contribution in [0, 0.1) is 0 Å². The molecule has 3 aromatic heterocycles. The summed E-state index contributed by atoms with van der Waals surface area (Å²) in [6.45, 7) is 0.122. The molecular weight excluding hydrogens is 328 g/mol. The molecule has 0 aliphatic rings. The summed E-state index contributed by atoms with van der Waals surface area (Å²) >= 11 is 1.47. The molecule has 0 N–H and O–H groups in total. The average Bonchev–Trinajstić information content (AvgIpc) is 3.32. The first-order valence-corrected chi connectivity index (χ1v) is 8.13. The van der Waals surface area contributed by atoms with E-state index in [2.05, 4.69) is 15.4 Å². The second-order valence-electron chi connectivity index (χ2n) is 5.09. The number of hydrogen-bond donors (Lipinski definition) is 0. The van der Waals surface area contributed by atoms with Crippen LogP contribution in [0.3, 0.4) is 0 Å². The second-order valence-corrected chi connectivity index (χ2v) is 6.04. The maximum atomic E-state index is 11.9. The van der Waals surface area contributed by atoms with Crippen molar-refractivity contribution in [2.24, 2.45) is 0 Å². The Balaban J connectivity index is 1.57. The van der Waals surface area contributed by atoms with Crippen LogP contribution < -0.4 is 5.76 Å². The van der Waals surface area contributed by atoms with Crippen LogP contribution in [0.25, 0.3) is 10.7 Å². The number of rotatable bonds is 5. The highest BCUT2D eigenvalue weighted by Gasteiger charge is 2.17. The lowest BCUT2D eigenvalue weighted by atomic mass is 10.2. The largest absolute Gasteiger partial charge is 0.442 e. The maximum absolute atomic E-state index is 11.9. The summed E-state index contributed by atoms with van der Waals surface area (Å²) in [6, 6.07) is 13.6. The first-order valence-electron chi connectivity index (χ1n) is 7.25. The van der Waals surface area contributed by atoms with Crippen molar-refractivity contribution in [3.63, 3.8) is 0 Å². The standard InChI is InChI=1S/C16H12N4O3S/c21-16-20(15(19-23-16)12-7-4-8-24-12)10-14-18-17-13(22-14)9-11-5-2-1-3-6-11/h1-8H,9-10H2. The van der Waals surface area contributed by atoms with Gasteiger partial charge in [0, 0.05) is 0 Å². The third kappa shape index (κ3) is 2.91. The molecule has 0 radical (unpaired) electrons. The molecule has 0 unspecified atom stereocenters. The van der Waals surface area contributed by atoms with E-state index in [1.54, 1.807) is 0 Å². The smallest absolute Gasteiger partial charge is 0.423 e.